The fourth-order valence-corrected chi connectivity index (χ4v) is 4.22. The van der Waals surface area contributed by atoms with Gasteiger partial charge >= 0.3 is 0 Å². The summed E-state index contributed by atoms with van der Waals surface area (Å²) in [6, 6.07) is 11.5. The van der Waals surface area contributed by atoms with Crippen molar-refractivity contribution < 1.29 is 4.79 Å². The van der Waals surface area contributed by atoms with Crippen molar-refractivity contribution in [3.05, 3.63) is 65.4 Å². The van der Waals surface area contributed by atoms with Crippen molar-refractivity contribution >= 4 is 11.7 Å². The highest BCUT2D eigenvalue weighted by atomic mass is 16.2. The predicted molar refractivity (Wildman–Crippen MR) is 121 cm³/mol. The van der Waals surface area contributed by atoms with E-state index in [0.29, 0.717) is 41.8 Å². The SMILES string of the molecule is Cc1ccc(-n2cnc(C)n2)c(C(=O)N2CCCC(C)C2CNc2ccc(C#N)cn2)c1. The van der Waals surface area contributed by atoms with Crippen molar-refractivity contribution in [3.63, 3.8) is 0 Å². The minimum atomic E-state index is 0.00277. The molecule has 0 saturated carbocycles. The van der Waals surface area contributed by atoms with E-state index in [2.05, 4.69) is 33.4 Å². The molecule has 1 aromatic carbocycles. The molecule has 1 fully saturated rings. The van der Waals surface area contributed by atoms with Crippen LogP contribution in [0.3, 0.4) is 0 Å². The van der Waals surface area contributed by atoms with Crippen LogP contribution in [-0.4, -0.2) is 49.7 Å². The zero-order chi connectivity index (χ0) is 22.7. The molecule has 3 aromatic rings. The second-order valence-corrected chi connectivity index (χ2v) is 8.37. The normalized spacial score (nSPS) is 18.2. The van der Waals surface area contributed by atoms with E-state index in [-0.39, 0.29) is 11.9 Å². The number of nitrogens with one attached hydrogen (secondary N) is 1. The van der Waals surface area contributed by atoms with Crippen molar-refractivity contribution in [2.45, 2.75) is 39.7 Å². The zero-order valence-electron chi connectivity index (χ0n) is 18.6. The number of amides is 1. The van der Waals surface area contributed by atoms with Crippen LogP contribution in [0.5, 0.6) is 0 Å². The molecule has 0 aliphatic carbocycles. The number of aromatic nitrogens is 4. The summed E-state index contributed by atoms with van der Waals surface area (Å²) in [4.78, 5) is 24.3. The monoisotopic (exact) mass is 429 g/mol. The molecule has 1 N–H and O–H groups in total. The van der Waals surface area contributed by atoms with Crippen molar-refractivity contribution in [2.24, 2.45) is 5.92 Å². The lowest BCUT2D eigenvalue weighted by Gasteiger charge is -2.40. The fraction of sp³-hybridized carbons (Fsp3) is 0.375. The largest absolute Gasteiger partial charge is 0.368 e. The van der Waals surface area contributed by atoms with Gasteiger partial charge in [0.2, 0.25) is 0 Å². The van der Waals surface area contributed by atoms with Gasteiger partial charge in [-0.25, -0.2) is 14.6 Å². The number of carbonyl (C=O) groups excluding carboxylic acids is 1. The van der Waals surface area contributed by atoms with Gasteiger partial charge in [-0.05, 0) is 56.9 Å². The minimum absolute atomic E-state index is 0.00277. The molecule has 1 saturated heterocycles. The van der Waals surface area contributed by atoms with Crippen molar-refractivity contribution in [1.29, 1.82) is 5.26 Å². The second-order valence-electron chi connectivity index (χ2n) is 8.37. The maximum atomic E-state index is 13.8. The first-order valence-electron chi connectivity index (χ1n) is 10.9. The molecule has 164 valence electrons. The summed E-state index contributed by atoms with van der Waals surface area (Å²) in [6.45, 7) is 7.31. The topological polar surface area (TPSA) is 99.7 Å². The van der Waals surface area contributed by atoms with Gasteiger partial charge in [0.25, 0.3) is 5.91 Å². The Bertz CT molecular complexity index is 1150. The maximum Gasteiger partial charge on any atom is 0.256 e. The Kier molecular flexibility index (Phi) is 6.17. The van der Waals surface area contributed by atoms with Crippen LogP contribution in [0, 0.1) is 31.1 Å². The molecule has 3 heterocycles. The van der Waals surface area contributed by atoms with Crippen molar-refractivity contribution in [1.82, 2.24) is 24.6 Å². The molecular formula is C24H27N7O. The summed E-state index contributed by atoms with van der Waals surface area (Å²) >= 11 is 0. The lowest BCUT2D eigenvalue weighted by molar-refractivity contribution is 0.0540. The third-order valence-electron chi connectivity index (χ3n) is 6.00. The van der Waals surface area contributed by atoms with E-state index in [1.54, 1.807) is 29.3 Å². The Hall–Kier alpha value is -3.73. The quantitative estimate of drug-likeness (QED) is 0.666. The molecule has 8 heteroatoms. The Morgan fingerprint density at radius 3 is 2.78 bits per heavy atom. The lowest BCUT2D eigenvalue weighted by Crippen LogP contribution is -2.51. The van der Waals surface area contributed by atoms with Crippen molar-refractivity contribution in [3.8, 4) is 11.8 Å². The average molecular weight is 430 g/mol. The number of hydrogen-bond acceptors (Lipinski definition) is 6. The molecule has 1 amide bonds. The third kappa shape index (κ3) is 4.47. The van der Waals surface area contributed by atoms with Crippen LogP contribution in [0.4, 0.5) is 5.82 Å². The van der Waals surface area contributed by atoms with E-state index in [0.717, 1.165) is 24.1 Å². The molecule has 1 aliphatic heterocycles. The van der Waals surface area contributed by atoms with Crippen LogP contribution >= 0.6 is 0 Å². The van der Waals surface area contributed by atoms with E-state index >= 15 is 0 Å². The van der Waals surface area contributed by atoms with Crippen LogP contribution < -0.4 is 5.32 Å². The summed E-state index contributed by atoms with van der Waals surface area (Å²) in [6.07, 6.45) is 5.24. The number of anilines is 1. The van der Waals surface area contributed by atoms with Gasteiger partial charge in [-0.3, -0.25) is 4.79 Å². The molecule has 0 radical (unpaired) electrons. The molecule has 8 nitrogen and oxygen atoms in total. The first kappa shape index (κ1) is 21.5. The Balaban J connectivity index is 1.60. The van der Waals surface area contributed by atoms with Gasteiger partial charge in [0, 0.05) is 19.3 Å². The standard InChI is InChI=1S/C24H27N7O/c1-16-6-8-21(31-15-28-18(3)29-31)20(11-16)24(32)30-10-4-5-17(2)22(30)14-27-23-9-7-19(12-25)13-26-23/h6-9,11,13,15,17,22H,4-5,10,14H2,1-3H3,(H,26,27). The summed E-state index contributed by atoms with van der Waals surface area (Å²) in [5.74, 6) is 1.71. The summed E-state index contributed by atoms with van der Waals surface area (Å²) in [5.41, 5.74) is 2.91. The number of hydrogen-bond donors (Lipinski definition) is 1. The number of rotatable bonds is 5. The molecule has 2 atom stereocenters. The van der Waals surface area contributed by atoms with Gasteiger partial charge in [0.05, 0.1) is 22.9 Å². The predicted octanol–water partition coefficient (Wildman–Crippen LogP) is 3.50. The molecular weight excluding hydrogens is 402 g/mol. The third-order valence-corrected chi connectivity index (χ3v) is 6.00. The van der Waals surface area contributed by atoms with Crippen LogP contribution in [-0.2, 0) is 0 Å². The van der Waals surface area contributed by atoms with Gasteiger partial charge in [-0.2, -0.15) is 10.4 Å². The number of nitrogens with zero attached hydrogens (tertiary/aromatic N) is 6. The highest BCUT2D eigenvalue weighted by molar-refractivity contribution is 5.98. The zero-order valence-corrected chi connectivity index (χ0v) is 18.6. The Morgan fingerprint density at radius 1 is 1.25 bits per heavy atom. The molecule has 1 aliphatic rings. The van der Waals surface area contributed by atoms with Crippen LogP contribution in [0.15, 0.2) is 42.9 Å². The number of pyridine rings is 1. The fourth-order valence-electron chi connectivity index (χ4n) is 4.22. The van der Waals surface area contributed by atoms with E-state index in [4.69, 9.17) is 5.26 Å². The lowest BCUT2D eigenvalue weighted by atomic mass is 9.89. The van der Waals surface area contributed by atoms with Crippen LogP contribution in [0.2, 0.25) is 0 Å². The first-order valence-corrected chi connectivity index (χ1v) is 10.9. The molecule has 4 rings (SSSR count). The average Bonchev–Trinajstić information content (AvgIpc) is 3.24. The first-order chi connectivity index (χ1) is 15.5. The van der Waals surface area contributed by atoms with E-state index < -0.39 is 0 Å². The maximum absolute atomic E-state index is 13.8. The highest BCUT2D eigenvalue weighted by Gasteiger charge is 2.33. The van der Waals surface area contributed by atoms with Crippen LogP contribution in [0.1, 0.15) is 47.1 Å². The number of piperidine rings is 1. The summed E-state index contributed by atoms with van der Waals surface area (Å²) in [7, 11) is 0. The van der Waals surface area contributed by atoms with E-state index in [1.807, 2.05) is 36.9 Å². The Labute approximate surface area is 187 Å². The van der Waals surface area contributed by atoms with Crippen LogP contribution in [0.25, 0.3) is 5.69 Å². The molecule has 0 bridgehead atoms. The second kappa shape index (κ2) is 9.18. The highest BCUT2D eigenvalue weighted by Crippen LogP contribution is 2.27. The summed E-state index contributed by atoms with van der Waals surface area (Å²) < 4.78 is 1.67. The molecule has 2 unspecified atom stereocenters. The molecule has 0 spiro atoms. The van der Waals surface area contributed by atoms with Gasteiger partial charge in [0.15, 0.2) is 0 Å². The van der Waals surface area contributed by atoms with Gasteiger partial charge < -0.3 is 10.2 Å². The van der Waals surface area contributed by atoms with Crippen molar-refractivity contribution in [2.75, 3.05) is 18.4 Å². The minimum Gasteiger partial charge on any atom is -0.368 e. The molecule has 2 aromatic heterocycles. The Morgan fingerprint density at radius 2 is 2.09 bits per heavy atom. The van der Waals surface area contributed by atoms with E-state index in [1.165, 1.54) is 0 Å². The number of likely N-dealkylation sites (tertiary alicyclic amines) is 1. The smallest absolute Gasteiger partial charge is 0.256 e. The van der Waals surface area contributed by atoms with Gasteiger partial charge in [-0.1, -0.05) is 18.6 Å². The van der Waals surface area contributed by atoms with Gasteiger partial charge in [0.1, 0.15) is 24.0 Å². The van der Waals surface area contributed by atoms with E-state index in [9.17, 15) is 4.79 Å². The summed E-state index contributed by atoms with van der Waals surface area (Å²) in [5, 5.41) is 16.7. The number of aryl methyl sites for hydroxylation is 2. The number of nitriles is 1. The van der Waals surface area contributed by atoms with Gasteiger partial charge in [-0.15, -0.1) is 0 Å². The molecule has 32 heavy (non-hydrogen) atoms. The number of carbonyl (C=O) groups is 1. The number of benzene rings is 1.